The molecule has 1 unspecified atom stereocenters. The molecular formula is C18H19N3O2S. The van der Waals surface area contributed by atoms with E-state index in [9.17, 15) is 5.11 Å². The van der Waals surface area contributed by atoms with Crippen LogP contribution in [-0.2, 0) is 7.05 Å². The Kier molecular flexibility index (Phi) is 5.51. The molecule has 3 aromatic rings. The van der Waals surface area contributed by atoms with Gasteiger partial charge in [-0.05, 0) is 23.3 Å². The molecule has 1 N–H and O–H groups in total. The zero-order valence-corrected chi connectivity index (χ0v) is 14.2. The number of hydrogen-bond acceptors (Lipinski definition) is 5. The van der Waals surface area contributed by atoms with E-state index in [1.54, 1.807) is 6.33 Å². The standard InChI is InChI=1S/C18H19N3O2S/c1-21-13-19-20-18(21)24-12-16(22)11-23-17-9-7-15(8-10-17)14-5-3-2-4-6-14/h2-10,13,16,22H,11-12H2,1H3. The average Bonchev–Trinajstić information content (AvgIpc) is 3.04. The number of aliphatic hydroxyl groups excluding tert-OH is 1. The Labute approximate surface area is 145 Å². The average molecular weight is 341 g/mol. The monoisotopic (exact) mass is 341 g/mol. The van der Waals surface area contributed by atoms with Gasteiger partial charge in [-0.3, -0.25) is 0 Å². The number of ether oxygens (including phenoxy) is 1. The summed E-state index contributed by atoms with van der Waals surface area (Å²) in [5.41, 5.74) is 2.31. The minimum atomic E-state index is -0.569. The first-order valence-corrected chi connectivity index (χ1v) is 8.64. The second-order valence-electron chi connectivity index (χ2n) is 5.39. The molecule has 0 bridgehead atoms. The summed E-state index contributed by atoms with van der Waals surface area (Å²) in [7, 11) is 1.87. The lowest BCUT2D eigenvalue weighted by molar-refractivity contribution is 0.126. The molecule has 1 aromatic heterocycles. The molecule has 0 spiro atoms. The largest absolute Gasteiger partial charge is 0.491 e. The van der Waals surface area contributed by atoms with Crippen molar-refractivity contribution in [3.05, 3.63) is 60.9 Å². The van der Waals surface area contributed by atoms with Crippen molar-refractivity contribution in [2.24, 2.45) is 7.05 Å². The summed E-state index contributed by atoms with van der Waals surface area (Å²) in [5.74, 6) is 1.26. The molecule has 0 aliphatic heterocycles. The van der Waals surface area contributed by atoms with Gasteiger partial charge in [-0.2, -0.15) is 0 Å². The van der Waals surface area contributed by atoms with Gasteiger partial charge >= 0.3 is 0 Å². The van der Waals surface area contributed by atoms with Crippen LogP contribution in [0.15, 0.2) is 66.1 Å². The van der Waals surface area contributed by atoms with Crippen molar-refractivity contribution >= 4 is 11.8 Å². The van der Waals surface area contributed by atoms with E-state index in [4.69, 9.17) is 4.74 Å². The van der Waals surface area contributed by atoms with Crippen molar-refractivity contribution in [1.82, 2.24) is 14.8 Å². The van der Waals surface area contributed by atoms with Crippen molar-refractivity contribution in [2.75, 3.05) is 12.4 Å². The van der Waals surface area contributed by atoms with Gasteiger partial charge in [0.15, 0.2) is 5.16 Å². The number of aliphatic hydroxyl groups is 1. The van der Waals surface area contributed by atoms with Crippen LogP contribution in [-0.4, -0.2) is 38.3 Å². The summed E-state index contributed by atoms with van der Waals surface area (Å²) in [4.78, 5) is 0. The zero-order valence-electron chi connectivity index (χ0n) is 13.4. The molecule has 24 heavy (non-hydrogen) atoms. The third kappa shape index (κ3) is 4.37. The molecular weight excluding hydrogens is 322 g/mol. The highest BCUT2D eigenvalue weighted by molar-refractivity contribution is 7.99. The number of aromatic nitrogens is 3. The molecule has 1 atom stereocenters. The van der Waals surface area contributed by atoms with Gasteiger partial charge in [0.25, 0.3) is 0 Å². The first-order chi connectivity index (χ1) is 11.7. The fraction of sp³-hybridized carbons (Fsp3) is 0.222. The van der Waals surface area contributed by atoms with E-state index in [0.717, 1.165) is 16.5 Å². The molecule has 124 valence electrons. The summed E-state index contributed by atoms with van der Waals surface area (Å²) >= 11 is 1.46. The van der Waals surface area contributed by atoms with Crippen molar-refractivity contribution in [1.29, 1.82) is 0 Å². The number of rotatable bonds is 7. The number of hydrogen-bond donors (Lipinski definition) is 1. The van der Waals surface area contributed by atoms with E-state index < -0.39 is 6.10 Å². The Bertz CT molecular complexity index is 759. The molecule has 0 radical (unpaired) electrons. The molecule has 0 saturated carbocycles. The zero-order chi connectivity index (χ0) is 16.8. The topological polar surface area (TPSA) is 60.2 Å². The molecule has 6 heteroatoms. The normalized spacial score (nSPS) is 12.1. The maximum atomic E-state index is 10.0. The predicted molar refractivity (Wildman–Crippen MR) is 95.1 cm³/mol. The van der Waals surface area contributed by atoms with Gasteiger partial charge in [0.1, 0.15) is 18.7 Å². The van der Waals surface area contributed by atoms with Gasteiger partial charge in [-0.1, -0.05) is 54.2 Å². The molecule has 0 saturated heterocycles. The lowest BCUT2D eigenvalue weighted by Crippen LogP contribution is -2.20. The Hall–Kier alpha value is -2.31. The van der Waals surface area contributed by atoms with Gasteiger partial charge in [0.2, 0.25) is 0 Å². The highest BCUT2D eigenvalue weighted by Crippen LogP contribution is 2.22. The third-order valence-electron chi connectivity index (χ3n) is 3.48. The molecule has 0 amide bonds. The molecule has 3 rings (SSSR count). The highest BCUT2D eigenvalue weighted by atomic mass is 32.2. The van der Waals surface area contributed by atoms with Crippen LogP contribution in [0.3, 0.4) is 0 Å². The van der Waals surface area contributed by atoms with Crippen LogP contribution in [0.5, 0.6) is 5.75 Å². The third-order valence-corrected chi connectivity index (χ3v) is 4.66. The van der Waals surface area contributed by atoms with E-state index in [1.807, 2.05) is 54.1 Å². The molecule has 1 heterocycles. The van der Waals surface area contributed by atoms with Crippen LogP contribution in [0.2, 0.25) is 0 Å². The number of aryl methyl sites for hydroxylation is 1. The van der Waals surface area contributed by atoms with E-state index in [-0.39, 0.29) is 6.61 Å². The fourth-order valence-corrected chi connectivity index (χ4v) is 2.98. The fourth-order valence-electron chi connectivity index (χ4n) is 2.19. The first-order valence-electron chi connectivity index (χ1n) is 7.65. The number of thioether (sulfide) groups is 1. The minimum absolute atomic E-state index is 0.246. The van der Waals surface area contributed by atoms with Crippen molar-refractivity contribution in [2.45, 2.75) is 11.3 Å². The Morgan fingerprint density at radius 1 is 1.08 bits per heavy atom. The second-order valence-corrected chi connectivity index (χ2v) is 6.38. The molecule has 5 nitrogen and oxygen atoms in total. The van der Waals surface area contributed by atoms with Crippen LogP contribution in [0.25, 0.3) is 11.1 Å². The molecule has 0 aliphatic rings. The van der Waals surface area contributed by atoms with Gasteiger partial charge in [0, 0.05) is 12.8 Å². The summed E-state index contributed by atoms with van der Waals surface area (Å²) < 4.78 is 7.47. The highest BCUT2D eigenvalue weighted by Gasteiger charge is 2.09. The number of nitrogens with zero attached hydrogens (tertiary/aromatic N) is 3. The van der Waals surface area contributed by atoms with Gasteiger partial charge in [0.05, 0.1) is 6.10 Å². The summed E-state index contributed by atoms with van der Waals surface area (Å²) in [6.07, 6.45) is 1.07. The summed E-state index contributed by atoms with van der Waals surface area (Å²) in [6, 6.07) is 18.1. The SMILES string of the molecule is Cn1cnnc1SCC(O)COc1ccc(-c2ccccc2)cc1. The van der Waals surface area contributed by atoms with Crippen molar-refractivity contribution < 1.29 is 9.84 Å². The summed E-state index contributed by atoms with van der Waals surface area (Å²) in [5, 5.41) is 18.6. The van der Waals surface area contributed by atoms with Gasteiger partial charge in [-0.15, -0.1) is 10.2 Å². The first kappa shape index (κ1) is 16.5. The Balaban J connectivity index is 1.48. The second kappa shape index (κ2) is 7.99. The molecule has 2 aromatic carbocycles. The van der Waals surface area contributed by atoms with Crippen LogP contribution in [0, 0.1) is 0 Å². The lowest BCUT2D eigenvalue weighted by Gasteiger charge is -2.12. The van der Waals surface area contributed by atoms with Crippen molar-refractivity contribution in [3.8, 4) is 16.9 Å². The maximum absolute atomic E-state index is 10.0. The van der Waals surface area contributed by atoms with Crippen LogP contribution < -0.4 is 4.74 Å². The van der Waals surface area contributed by atoms with Gasteiger partial charge in [-0.25, -0.2) is 0 Å². The predicted octanol–water partition coefficient (Wildman–Crippen LogP) is 3.01. The van der Waals surface area contributed by atoms with Gasteiger partial charge < -0.3 is 14.4 Å². The van der Waals surface area contributed by atoms with E-state index in [0.29, 0.717) is 5.75 Å². The summed E-state index contributed by atoms with van der Waals surface area (Å²) in [6.45, 7) is 0.246. The van der Waals surface area contributed by atoms with Crippen LogP contribution >= 0.6 is 11.8 Å². The lowest BCUT2D eigenvalue weighted by atomic mass is 10.1. The van der Waals surface area contributed by atoms with E-state index in [1.165, 1.54) is 17.3 Å². The van der Waals surface area contributed by atoms with Crippen LogP contribution in [0.4, 0.5) is 0 Å². The molecule has 0 fully saturated rings. The number of benzene rings is 2. The Morgan fingerprint density at radius 2 is 1.79 bits per heavy atom. The minimum Gasteiger partial charge on any atom is -0.491 e. The Morgan fingerprint density at radius 3 is 2.46 bits per heavy atom. The smallest absolute Gasteiger partial charge is 0.190 e. The van der Waals surface area contributed by atoms with Crippen LogP contribution in [0.1, 0.15) is 0 Å². The maximum Gasteiger partial charge on any atom is 0.190 e. The van der Waals surface area contributed by atoms with E-state index >= 15 is 0 Å². The van der Waals surface area contributed by atoms with E-state index in [2.05, 4.69) is 22.3 Å². The van der Waals surface area contributed by atoms with Crippen molar-refractivity contribution in [3.63, 3.8) is 0 Å². The quantitative estimate of drug-likeness (QED) is 0.670. The molecule has 0 aliphatic carbocycles.